The van der Waals surface area contributed by atoms with E-state index in [1.807, 2.05) is 24.3 Å². The van der Waals surface area contributed by atoms with Gasteiger partial charge in [-0.25, -0.2) is 0 Å². The van der Waals surface area contributed by atoms with Crippen LogP contribution >= 0.6 is 0 Å². The molecule has 0 saturated carbocycles. The van der Waals surface area contributed by atoms with Crippen LogP contribution in [-0.4, -0.2) is 35.9 Å². The number of azo groups is 2. The largest absolute Gasteiger partial charge is 0.506 e. The number of anilines is 2. The summed E-state index contributed by atoms with van der Waals surface area (Å²) in [7, 11) is 0. The molecule has 4 rings (SSSR count). The van der Waals surface area contributed by atoms with Crippen molar-refractivity contribution in [1.82, 2.24) is 0 Å². The van der Waals surface area contributed by atoms with Crippen LogP contribution in [0.2, 0.25) is 0 Å². The topological polar surface area (TPSA) is 148 Å². The van der Waals surface area contributed by atoms with Gasteiger partial charge in [0.05, 0.1) is 11.4 Å². The zero-order valence-corrected chi connectivity index (χ0v) is 20.2. The van der Waals surface area contributed by atoms with Crippen LogP contribution < -0.4 is 10.6 Å². The molecule has 10 heteroatoms. The Bertz CT molecular complexity index is 1360. The van der Waals surface area contributed by atoms with Crippen molar-refractivity contribution >= 4 is 46.7 Å². The van der Waals surface area contributed by atoms with Gasteiger partial charge >= 0.3 is 0 Å². The molecular formula is C28H24N6O4. The van der Waals surface area contributed by atoms with Crippen LogP contribution in [0.15, 0.2) is 105 Å². The Balaban J connectivity index is 1.22. The van der Waals surface area contributed by atoms with Crippen LogP contribution in [0.25, 0.3) is 0 Å². The smallest absolute Gasteiger partial charge is 0.150 e. The van der Waals surface area contributed by atoms with Crippen molar-refractivity contribution in [2.24, 2.45) is 20.5 Å². The molecular weight excluding hydrogens is 484 g/mol. The first-order chi connectivity index (χ1) is 18.5. The molecule has 0 aromatic heterocycles. The van der Waals surface area contributed by atoms with Gasteiger partial charge in [-0.05, 0) is 84.9 Å². The van der Waals surface area contributed by atoms with E-state index in [1.165, 1.54) is 24.3 Å². The average Bonchev–Trinajstić information content (AvgIpc) is 2.95. The minimum absolute atomic E-state index is 0.106. The summed E-state index contributed by atoms with van der Waals surface area (Å²) in [5.41, 5.74) is 4.39. The highest BCUT2D eigenvalue weighted by atomic mass is 16.3. The number of hydrogen-bond donors (Lipinski definition) is 4. The van der Waals surface area contributed by atoms with Gasteiger partial charge in [-0.3, -0.25) is 9.59 Å². The quantitative estimate of drug-likeness (QED) is 0.0966. The molecule has 0 atom stereocenters. The standard InChI is InChI=1S/C28H24N6O4/c35-17-19-1-11-25(27(37)15-19)33-31-23-7-3-21(4-8-23)29-13-14-30-22-5-9-24(10-6-22)32-34-26-12-2-20(18-36)16-28(26)38/h1-12,15-18,29-30,37-38H,13-14H2/b33-31+,34-32+. The number of hydrogen-bond acceptors (Lipinski definition) is 10. The number of aldehydes is 2. The summed E-state index contributed by atoms with van der Waals surface area (Å²) < 4.78 is 0. The minimum atomic E-state index is -0.106. The van der Waals surface area contributed by atoms with Gasteiger partial charge in [0.15, 0.2) is 0 Å². The Morgan fingerprint density at radius 1 is 0.553 bits per heavy atom. The highest BCUT2D eigenvalue weighted by molar-refractivity contribution is 5.78. The molecule has 0 bridgehead atoms. The van der Waals surface area contributed by atoms with E-state index in [4.69, 9.17) is 0 Å². The highest BCUT2D eigenvalue weighted by Crippen LogP contribution is 2.30. The summed E-state index contributed by atoms with van der Waals surface area (Å²) in [6.07, 6.45) is 1.31. The van der Waals surface area contributed by atoms with E-state index in [-0.39, 0.29) is 22.9 Å². The molecule has 0 aliphatic heterocycles. The SMILES string of the molecule is O=Cc1ccc(/N=N/c2ccc(NCCNc3ccc(/N=N/c4ccc(C=O)cc4O)cc3)cc2)c(O)c1. The van der Waals surface area contributed by atoms with E-state index in [9.17, 15) is 19.8 Å². The van der Waals surface area contributed by atoms with Gasteiger partial charge in [0.25, 0.3) is 0 Å². The van der Waals surface area contributed by atoms with Crippen LogP contribution in [0, 0.1) is 0 Å². The van der Waals surface area contributed by atoms with E-state index in [0.717, 1.165) is 11.4 Å². The number of carbonyl (C=O) groups is 2. The number of benzene rings is 4. The van der Waals surface area contributed by atoms with Crippen LogP contribution in [0.5, 0.6) is 11.5 Å². The number of rotatable bonds is 11. The van der Waals surface area contributed by atoms with Crippen molar-refractivity contribution in [1.29, 1.82) is 0 Å². The highest BCUT2D eigenvalue weighted by Gasteiger charge is 2.03. The maximum absolute atomic E-state index is 10.8. The van der Waals surface area contributed by atoms with Gasteiger partial charge in [0.1, 0.15) is 35.4 Å². The fourth-order valence-electron chi connectivity index (χ4n) is 3.33. The summed E-state index contributed by atoms with van der Waals surface area (Å²) in [5.74, 6) is -0.212. The van der Waals surface area contributed by atoms with E-state index >= 15 is 0 Å². The van der Waals surface area contributed by atoms with E-state index in [2.05, 4.69) is 31.1 Å². The van der Waals surface area contributed by atoms with Crippen molar-refractivity contribution in [3.05, 3.63) is 96.1 Å². The molecule has 0 aliphatic carbocycles. The van der Waals surface area contributed by atoms with Gasteiger partial charge in [-0.2, -0.15) is 10.2 Å². The van der Waals surface area contributed by atoms with E-state index in [0.29, 0.717) is 48.2 Å². The van der Waals surface area contributed by atoms with E-state index < -0.39 is 0 Å². The van der Waals surface area contributed by atoms with Crippen molar-refractivity contribution in [2.45, 2.75) is 0 Å². The molecule has 0 amide bonds. The second-order valence-corrected chi connectivity index (χ2v) is 8.08. The number of nitrogens with zero attached hydrogens (tertiary/aromatic N) is 4. The third-order valence-corrected chi connectivity index (χ3v) is 5.34. The Kier molecular flexibility index (Phi) is 8.48. The third kappa shape index (κ3) is 7.08. The Morgan fingerprint density at radius 3 is 1.29 bits per heavy atom. The van der Waals surface area contributed by atoms with Crippen molar-refractivity contribution in [2.75, 3.05) is 23.7 Å². The first kappa shape index (κ1) is 25.7. The molecule has 190 valence electrons. The van der Waals surface area contributed by atoms with Crippen molar-refractivity contribution in [3.63, 3.8) is 0 Å². The summed E-state index contributed by atoms with van der Waals surface area (Å²) >= 11 is 0. The molecule has 0 aliphatic rings. The number of nitrogens with one attached hydrogen (secondary N) is 2. The number of phenolic OH excluding ortho intramolecular Hbond substituents is 2. The van der Waals surface area contributed by atoms with E-state index in [1.54, 1.807) is 36.4 Å². The molecule has 0 heterocycles. The van der Waals surface area contributed by atoms with Gasteiger partial charge in [0, 0.05) is 35.6 Å². The monoisotopic (exact) mass is 508 g/mol. The zero-order chi connectivity index (χ0) is 26.7. The molecule has 0 saturated heterocycles. The van der Waals surface area contributed by atoms with Gasteiger partial charge in [-0.15, -0.1) is 10.2 Å². The van der Waals surface area contributed by atoms with Gasteiger partial charge in [-0.1, -0.05) is 0 Å². The lowest BCUT2D eigenvalue weighted by Crippen LogP contribution is -2.13. The predicted molar refractivity (Wildman–Crippen MR) is 145 cm³/mol. The Hall–Kier alpha value is -5.38. The molecule has 0 fully saturated rings. The van der Waals surface area contributed by atoms with Crippen molar-refractivity contribution < 1.29 is 19.8 Å². The lowest BCUT2D eigenvalue weighted by Gasteiger charge is -2.09. The molecule has 0 spiro atoms. The first-order valence-electron chi connectivity index (χ1n) is 11.6. The summed E-state index contributed by atoms with van der Waals surface area (Å²) in [5, 5.41) is 42.7. The normalized spacial score (nSPS) is 11.1. The molecule has 4 aromatic carbocycles. The number of phenols is 2. The fourth-order valence-corrected chi connectivity index (χ4v) is 3.33. The second kappa shape index (κ2) is 12.5. The van der Waals surface area contributed by atoms with Gasteiger partial charge < -0.3 is 20.8 Å². The summed E-state index contributed by atoms with van der Waals surface area (Å²) in [6.45, 7) is 1.35. The van der Waals surface area contributed by atoms with Crippen LogP contribution in [-0.2, 0) is 0 Å². The molecule has 0 radical (unpaired) electrons. The first-order valence-corrected chi connectivity index (χ1v) is 11.6. The third-order valence-electron chi connectivity index (χ3n) is 5.34. The molecule has 4 aromatic rings. The second-order valence-electron chi connectivity index (χ2n) is 8.08. The van der Waals surface area contributed by atoms with Gasteiger partial charge in [0.2, 0.25) is 0 Å². The number of aromatic hydroxyl groups is 2. The number of carbonyl (C=O) groups excluding carboxylic acids is 2. The zero-order valence-electron chi connectivity index (χ0n) is 20.2. The van der Waals surface area contributed by atoms with Crippen LogP contribution in [0.3, 0.4) is 0 Å². The average molecular weight is 509 g/mol. The van der Waals surface area contributed by atoms with Crippen LogP contribution in [0.4, 0.5) is 34.1 Å². The van der Waals surface area contributed by atoms with Crippen molar-refractivity contribution in [3.8, 4) is 11.5 Å². The summed E-state index contributed by atoms with van der Waals surface area (Å²) in [4.78, 5) is 21.5. The maximum Gasteiger partial charge on any atom is 0.150 e. The Morgan fingerprint density at radius 2 is 0.947 bits per heavy atom. The summed E-state index contributed by atoms with van der Waals surface area (Å²) in [6, 6.07) is 23.6. The lowest BCUT2D eigenvalue weighted by molar-refractivity contribution is 0.111. The molecule has 10 nitrogen and oxygen atoms in total. The lowest BCUT2D eigenvalue weighted by atomic mass is 10.2. The predicted octanol–water partition coefficient (Wildman–Crippen LogP) is 7.08. The fraction of sp³-hybridized carbons (Fsp3) is 0.0714. The van der Waals surface area contributed by atoms with Crippen LogP contribution in [0.1, 0.15) is 20.7 Å². The molecule has 38 heavy (non-hydrogen) atoms. The molecule has 0 unspecified atom stereocenters. The molecule has 4 N–H and O–H groups in total. The maximum atomic E-state index is 10.8. The minimum Gasteiger partial charge on any atom is -0.506 e. The Labute approximate surface area is 218 Å².